The Balaban J connectivity index is 2.49. The third-order valence-corrected chi connectivity index (χ3v) is 1.94. The minimum absolute atomic E-state index is 0.326. The summed E-state index contributed by atoms with van der Waals surface area (Å²) in [6, 6.07) is 0. The van der Waals surface area contributed by atoms with Crippen LogP contribution in [-0.2, 0) is 4.79 Å². The SMILES string of the molecule is CN1CC(C(=O)[O-])C[C@H](O)C1. The second-order valence-electron chi connectivity index (χ2n) is 3.13. The highest BCUT2D eigenvalue weighted by Gasteiger charge is 2.23. The Morgan fingerprint density at radius 3 is 2.73 bits per heavy atom. The number of hydrogen-bond donors (Lipinski definition) is 1. The lowest BCUT2D eigenvalue weighted by Gasteiger charge is -2.33. The number of piperidine rings is 1. The first kappa shape index (κ1) is 8.49. The van der Waals surface area contributed by atoms with E-state index in [9.17, 15) is 9.90 Å². The van der Waals surface area contributed by atoms with Gasteiger partial charge in [-0.25, -0.2) is 0 Å². The van der Waals surface area contributed by atoms with Crippen molar-refractivity contribution in [2.45, 2.75) is 12.5 Å². The molecule has 0 aromatic heterocycles. The summed E-state index contributed by atoms with van der Waals surface area (Å²) < 4.78 is 0. The Kier molecular flexibility index (Phi) is 2.46. The van der Waals surface area contributed by atoms with Crippen LogP contribution in [0.5, 0.6) is 0 Å². The summed E-state index contributed by atoms with van der Waals surface area (Å²) >= 11 is 0. The lowest BCUT2D eigenvalue weighted by molar-refractivity contribution is -0.313. The van der Waals surface area contributed by atoms with Crippen LogP contribution >= 0.6 is 0 Å². The second-order valence-corrected chi connectivity index (χ2v) is 3.13. The molecule has 1 unspecified atom stereocenters. The van der Waals surface area contributed by atoms with Crippen molar-refractivity contribution < 1.29 is 15.0 Å². The van der Waals surface area contributed by atoms with Gasteiger partial charge in [0.25, 0.3) is 0 Å². The topological polar surface area (TPSA) is 63.6 Å². The van der Waals surface area contributed by atoms with Gasteiger partial charge >= 0.3 is 0 Å². The van der Waals surface area contributed by atoms with Crippen molar-refractivity contribution in [2.75, 3.05) is 20.1 Å². The molecule has 0 bridgehead atoms. The second kappa shape index (κ2) is 3.19. The molecule has 1 rings (SSSR count). The summed E-state index contributed by atoms with van der Waals surface area (Å²) in [4.78, 5) is 12.2. The monoisotopic (exact) mass is 158 g/mol. The van der Waals surface area contributed by atoms with Gasteiger partial charge in [-0.15, -0.1) is 0 Å². The number of hydrogen-bond acceptors (Lipinski definition) is 4. The zero-order chi connectivity index (χ0) is 8.43. The molecule has 2 atom stereocenters. The van der Waals surface area contributed by atoms with Gasteiger partial charge in [0.05, 0.1) is 6.10 Å². The Bertz CT molecular complexity index is 150. The van der Waals surface area contributed by atoms with Crippen molar-refractivity contribution in [1.82, 2.24) is 4.90 Å². The van der Waals surface area contributed by atoms with Gasteiger partial charge in [0.15, 0.2) is 0 Å². The molecular formula is C7H12NO3-. The Morgan fingerprint density at radius 1 is 1.64 bits per heavy atom. The number of aliphatic hydroxyl groups excluding tert-OH is 1. The molecule has 0 spiro atoms. The van der Waals surface area contributed by atoms with E-state index in [0.29, 0.717) is 19.5 Å². The number of aliphatic carboxylic acids is 1. The molecule has 1 fully saturated rings. The highest BCUT2D eigenvalue weighted by Crippen LogP contribution is 2.14. The number of aliphatic hydroxyl groups is 1. The van der Waals surface area contributed by atoms with Crippen LogP contribution in [0.25, 0.3) is 0 Å². The van der Waals surface area contributed by atoms with Crippen molar-refractivity contribution in [2.24, 2.45) is 5.92 Å². The predicted octanol–water partition coefficient (Wildman–Crippen LogP) is -1.95. The molecule has 1 N–H and O–H groups in total. The van der Waals surface area contributed by atoms with E-state index in [1.54, 1.807) is 11.9 Å². The van der Waals surface area contributed by atoms with E-state index in [4.69, 9.17) is 5.11 Å². The van der Waals surface area contributed by atoms with Gasteiger partial charge in [-0.2, -0.15) is 0 Å². The van der Waals surface area contributed by atoms with Crippen LogP contribution in [0, 0.1) is 5.92 Å². The van der Waals surface area contributed by atoms with Gasteiger partial charge in [0, 0.05) is 25.0 Å². The van der Waals surface area contributed by atoms with E-state index in [-0.39, 0.29) is 0 Å². The molecule has 1 heterocycles. The number of carboxylic acid groups (broad SMARTS) is 1. The average Bonchev–Trinajstić information content (AvgIpc) is 1.85. The molecule has 0 radical (unpaired) electrons. The molecule has 4 nitrogen and oxygen atoms in total. The van der Waals surface area contributed by atoms with Crippen LogP contribution < -0.4 is 5.11 Å². The highest BCUT2D eigenvalue weighted by atomic mass is 16.4. The molecule has 0 aromatic carbocycles. The highest BCUT2D eigenvalue weighted by molar-refractivity contribution is 5.68. The molecule has 1 saturated heterocycles. The fraction of sp³-hybridized carbons (Fsp3) is 0.857. The number of carbonyl (C=O) groups is 1. The minimum Gasteiger partial charge on any atom is -0.550 e. The van der Waals surface area contributed by atoms with Crippen molar-refractivity contribution in [3.63, 3.8) is 0 Å². The van der Waals surface area contributed by atoms with Crippen molar-refractivity contribution in [3.8, 4) is 0 Å². The zero-order valence-electron chi connectivity index (χ0n) is 6.49. The van der Waals surface area contributed by atoms with Crippen molar-refractivity contribution in [1.29, 1.82) is 0 Å². The maximum Gasteiger partial charge on any atom is 0.0673 e. The van der Waals surface area contributed by atoms with Gasteiger partial charge < -0.3 is 19.9 Å². The molecule has 0 aromatic rings. The van der Waals surface area contributed by atoms with Gasteiger partial charge in [-0.05, 0) is 13.5 Å². The van der Waals surface area contributed by atoms with Crippen LogP contribution in [0.15, 0.2) is 0 Å². The Morgan fingerprint density at radius 2 is 2.27 bits per heavy atom. The summed E-state index contributed by atoms with van der Waals surface area (Å²) in [7, 11) is 1.79. The summed E-state index contributed by atoms with van der Waals surface area (Å²) in [6.45, 7) is 1.04. The number of nitrogens with zero attached hydrogens (tertiary/aromatic N) is 1. The molecule has 11 heavy (non-hydrogen) atoms. The van der Waals surface area contributed by atoms with Crippen LogP contribution in [0.1, 0.15) is 6.42 Å². The summed E-state index contributed by atoms with van der Waals surface area (Å²) in [5, 5.41) is 19.6. The van der Waals surface area contributed by atoms with Crippen LogP contribution in [0.2, 0.25) is 0 Å². The van der Waals surface area contributed by atoms with E-state index in [0.717, 1.165) is 0 Å². The van der Waals surface area contributed by atoms with Gasteiger partial charge in [0.1, 0.15) is 0 Å². The molecule has 64 valence electrons. The zero-order valence-corrected chi connectivity index (χ0v) is 6.49. The largest absolute Gasteiger partial charge is 0.550 e. The first-order valence-corrected chi connectivity index (χ1v) is 3.67. The Hall–Kier alpha value is -0.610. The quantitative estimate of drug-likeness (QED) is 0.481. The standard InChI is InChI=1S/C7H13NO3/c1-8-3-5(7(10)11)2-6(9)4-8/h5-6,9H,2-4H2,1H3,(H,10,11)/p-1/t5?,6-/m0/s1. The van der Waals surface area contributed by atoms with Crippen LogP contribution in [0.3, 0.4) is 0 Å². The van der Waals surface area contributed by atoms with Crippen LogP contribution in [-0.4, -0.2) is 42.2 Å². The minimum atomic E-state index is -1.06. The molecule has 1 aliphatic rings. The fourth-order valence-corrected chi connectivity index (χ4v) is 1.46. The molecule has 0 aliphatic carbocycles. The Labute approximate surface area is 65.4 Å². The number of likely N-dealkylation sites (N-methyl/N-ethyl adjacent to an activating group) is 1. The molecule has 1 aliphatic heterocycles. The first-order chi connectivity index (χ1) is 5.09. The number of rotatable bonds is 1. The van der Waals surface area contributed by atoms with E-state index in [1.165, 1.54) is 0 Å². The maximum atomic E-state index is 10.4. The summed E-state index contributed by atoms with van der Waals surface area (Å²) in [5.41, 5.74) is 0. The molecule has 0 amide bonds. The lowest BCUT2D eigenvalue weighted by atomic mass is 9.97. The number of carboxylic acids is 1. The van der Waals surface area contributed by atoms with E-state index in [2.05, 4.69) is 0 Å². The third-order valence-electron chi connectivity index (χ3n) is 1.94. The maximum absolute atomic E-state index is 10.4. The van der Waals surface area contributed by atoms with Gasteiger partial charge in [-0.3, -0.25) is 0 Å². The lowest BCUT2D eigenvalue weighted by Crippen LogP contribution is -2.47. The van der Waals surface area contributed by atoms with Crippen molar-refractivity contribution in [3.05, 3.63) is 0 Å². The molecule has 0 saturated carbocycles. The molecular weight excluding hydrogens is 146 g/mol. The number of β-amino-alcohol motifs (C(OH)–C–C–N with tert-alkyl or cyclic N) is 1. The molecule has 4 heteroatoms. The average molecular weight is 158 g/mol. The number of carbonyl (C=O) groups excluding carboxylic acids is 1. The summed E-state index contributed by atoms with van der Waals surface area (Å²) in [5.74, 6) is -1.57. The normalized spacial score (nSPS) is 33.6. The predicted molar refractivity (Wildman–Crippen MR) is 36.6 cm³/mol. The van der Waals surface area contributed by atoms with Gasteiger partial charge in [-0.1, -0.05) is 0 Å². The third kappa shape index (κ3) is 2.17. The fourth-order valence-electron chi connectivity index (χ4n) is 1.46. The smallest absolute Gasteiger partial charge is 0.0673 e. The first-order valence-electron chi connectivity index (χ1n) is 3.67. The van der Waals surface area contributed by atoms with E-state index < -0.39 is 18.0 Å². The van der Waals surface area contributed by atoms with Crippen LogP contribution in [0.4, 0.5) is 0 Å². The van der Waals surface area contributed by atoms with E-state index in [1.807, 2.05) is 0 Å². The van der Waals surface area contributed by atoms with E-state index >= 15 is 0 Å². The van der Waals surface area contributed by atoms with Gasteiger partial charge in [0.2, 0.25) is 0 Å². The van der Waals surface area contributed by atoms with Crippen molar-refractivity contribution >= 4 is 5.97 Å². The summed E-state index contributed by atoms with van der Waals surface area (Å²) in [6.07, 6.45) is -0.191. The number of likely N-dealkylation sites (tertiary alicyclic amines) is 1.